The lowest BCUT2D eigenvalue weighted by molar-refractivity contribution is 0.00578. The van der Waals surface area contributed by atoms with Gasteiger partial charge in [0.25, 0.3) is 0 Å². The van der Waals surface area contributed by atoms with Crippen molar-refractivity contribution < 1.29 is 9.31 Å². The summed E-state index contributed by atoms with van der Waals surface area (Å²) in [7, 11) is -0.511. The molecular weight excluding hydrogens is 422 g/mol. The van der Waals surface area contributed by atoms with Gasteiger partial charge in [-0.25, -0.2) is 9.44 Å². The molecule has 2 aromatic heterocycles. The van der Waals surface area contributed by atoms with Gasteiger partial charge in [-0.15, -0.1) is 0 Å². The van der Waals surface area contributed by atoms with E-state index in [9.17, 15) is 0 Å². The Morgan fingerprint density at radius 1 is 1.24 bits per heavy atom. The number of rotatable bonds is 2. The van der Waals surface area contributed by atoms with Crippen molar-refractivity contribution in [2.24, 2.45) is 0 Å². The summed E-state index contributed by atoms with van der Waals surface area (Å²) in [6.45, 7) is 8.09. The Labute approximate surface area is 143 Å². The Bertz CT molecular complexity index is 693. The van der Waals surface area contributed by atoms with Crippen LogP contribution in [-0.2, 0) is 9.31 Å². The number of nitrogens with zero attached hydrogens (tertiary/aromatic N) is 3. The first kappa shape index (κ1) is 15.9. The van der Waals surface area contributed by atoms with Crippen LogP contribution in [0.4, 0.5) is 0 Å². The lowest BCUT2D eigenvalue weighted by atomic mass is 9.78. The van der Waals surface area contributed by atoms with E-state index in [2.05, 4.69) is 32.1 Å². The van der Waals surface area contributed by atoms with Gasteiger partial charge in [-0.1, -0.05) is 11.6 Å². The molecule has 1 unspecified atom stereocenters. The predicted octanol–water partition coefficient (Wildman–Crippen LogP) is 3.18. The molecule has 0 N–H and O–H groups in total. The third-order valence-corrected chi connectivity index (χ3v) is 6.32. The van der Waals surface area contributed by atoms with E-state index < -0.39 is 18.3 Å². The quantitative estimate of drug-likeness (QED) is 0.412. The molecular formula is C12H15BClIN3O2P. The molecule has 0 aliphatic carbocycles. The summed E-state index contributed by atoms with van der Waals surface area (Å²) in [5.41, 5.74) is 0.799. The molecule has 112 valence electrons. The highest BCUT2D eigenvalue weighted by Crippen LogP contribution is 2.38. The second-order valence-electron chi connectivity index (χ2n) is 5.99. The van der Waals surface area contributed by atoms with Crippen LogP contribution in [0.25, 0.3) is 11.0 Å². The van der Waals surface area contributed by atoms with Gasteiger partial charge < -0.3 is 9.31 Å². The maximum atomic E-state index is 6.36. The van der Waals surface area contributed by atoms with Crippen LogP contribution >= 0.6 is 40.0 Å². The Balaban J connectivity index is 2.13. The summed E-state index contributed by atoms with van der Waals surface area (Å²) in [5, 5.41) is 5.77. The van der Waals surface area contributed by atoms with E-state index in [0.717, 1.165) is 16.5 Å². The summed E-state index contributed by atoms with van der Waals surface area (Å²) < 4.78 is 14.1. The van der Waals surface area contributed by atoms with Gasteiger partial charge in [0, 0.05) is 17.0 Å². The molecule has 2 aromatic rings. The van der Waals surface area contributed by atoms with Crippen molar-refractivity contribution in [1.82, 2.24) is 14.5 Å². The zero-order valence-electron chi connectivity index (χ0n) is 12.1. The molecule has 1 aliphatic rings. The summed E-state index contributed by atoms with van der Waals surface area (Å²) >= 11 is 8.63. The molecule has 0 saturated carbocycles. The third kappa shape index (κ3) is 2.51. The number of halogens is 2. The molecule has 1 fully saturated rings. The van der Waals surface area contributed by atoms with E-state index in [0.29, 0.717) is 11.4 Å². The standard InChI is InChI=1S/C12H15BClIN3O2P/c1-11(2)12(3,4)20-13(19-11)9-7-5-17-18(21-15)10(7)16-6-8(9)14/h5-6,21H,1-4H3. The lowest BCUT2D eigenvalue weighted by Gasteiger charge is -2.32. The normalized spacial score (nSPS) is 21.0. The summed E-state index contributed by atoms with van der Waals surface area (Å²) in [6, 6.07) is 0. The van der Waals surface area contributed by atoms with Crippen molar-refractivity contribution in [1.29, 1.82) is 0 Å². The van der Waals surface area contributed by atoms with Gasteiger partial charge >= 0.3 is 7.12 Å². The summed E-state index contributed by atoms with van der Waals surface area (Å²) in [5.74, 6) is 0. The van der Waals surface area contributed by atoms with Crippen LogP contribution in [0.1, 0.15) is 27.7 Å². The molecule has 1 aliphatic heterocycles. The number of fused-ring (bicyclic) bond motifs is 1. The van der Waals surface area contributed by atoms with Gasteiger partial charge in [0.1, 0.15) is 0 Å². The maximum absolute atomic E-state index is 6.36. The van der Waals surface area contributed by atoms with Crippen molar-refractivity contribution in [2.75, 3.05) is 0 Å². The van der Waals surface area contributed by atoms with Gasteiger partial charge in [0.15, 0.2) is 5.65 Å². The second-order valence-corrected chi connectivity index (χ2v) is 8.43. The number of hydrogen-bond donors (Lipinski definition) is 0. The van der Waals surface area contributed by atoms with Crippen LogP contribution < -0.4 is 5.46 Å². The summed E-state index contributed by atoms with van der Waals surface area (Å²) in [4.78, 5) is 4.38. The molecule has 21 heavy (non-hydrogen) atoms. The van der Waals surface area contributed by atoms with E-state index in [1.807, 2.05) is 32.1 Å². The first-order valence-corrected chi connectivity index (χ1v) is 11.0. The first-order chi connectivity index (χ1) is 9.77. The van der Waals surface area contributed by atoms with E-state index in [1.165, 1.54) is 0 Å². The zero-order chi connectivity index (χ0) is 15.4. The summed E-state index contributed by atoms with van der Waals surface area (Å²) in [6.07, 6.45) is 3.89. The van der Waals surface area contributed by atoms with Gasteiger partial charge in [-0.05, 0) is 49.7 Å². The van der Waals surface area contributed by atoms with Crippen molar-refractivity contribution >= 4 is 63.6 Å². The largest absolute Gasteiger partial charge is 0.497 e. The lowest BCUT2D eigenvalue weighted by Crippen LogP contribution is -2.41. The number of aromatic nitrogens is 3. The third-order valence-electron chi connectivity index (χ3n) is 4.16. The average Bonchev–Trinajstić information content (AvgIpc) is 2.87. The van der Waals surface area contributed by atoms with Crippen LogP contribution in [0.2, 0.25) is 5.02 Å². The van der Waals surface area contributed by atoms with Crippen LogP contribution in [0.15, 0.2) is 12.4 Å². The van der Waals surface area contributed by atoms with Crippen molar-refractivity contribution in [3.05, 3.63) is 17.4 Å². The SMILES string of the molecule is CC1(C)OB(c2c(Cl)cnc3c2cnn3PI)OC1(C)C. The Morgan fingerprint density at radius 2 is 1.86 bits per heavy atom. The zero-order valence-corrected chi connectivity index (χ0v) is 16.1. The van der Waals surface area contributed by atoms with Crippen LogP contribution in [0.3, 0.4) is 0 Å². The Hall–Kier alpha value is 0.0549. The predicted molar refractivity (Wildman–Crippen MR) is 96.0 cm³/mol. The fourth-order valence-electron chi connectivity index (χ4n) is 2.23. The number of pyridine rings is 1. The van der Waals surface area contributed by atoms with Gasteiger partial charge in [0.2, 0.25) is 0 Å². The number of hydrogen-bond acceptors (Lipinski definition) is 4. The molecule has 0 bridgehead atoms. The van der Waals surface area contributed by atoms with E-state index in [-0.39, 0.29) is 0 Å². The van der Waals surface area contributed by atoms with Crippen LogP contribution in [0, 0.1) is 0 Å². The van der Waals surface area contributed by atoms with Crippen molar-refractivity contribution in [2.45, 2.75) is 38.9 Å². The maximum Gasteiger partial charge on any atom is 0.497 e. The molecule has 3 rings (SSSR count). The van der Waals surface area contributed by atoms with Crippen molar-refractivity contribution in [3.63, 3.8) is 0 Å². The fraction of sp³-hybridized carbons (Fsp3) is 0.500. The van der Waals surface area contributed by atoms with E-state index >= 15 is 0 Å². The first-order valence-electron chi connectivity index (χ1n) is 6.51. The monoisotopic (exact) mass is 437 g/mol. The smallest absolute Gasteiger partial charge is 0.399 e. The van der Waals surface area contributed by atoms with Crippen LogP contribution in [-0.4, -0.2) is 32.9 Å². The van der Waals surface area contributed by atoms with E-state index in [4.69, 9.17) is 20.9 Å². The molecule has 0 radical (unpaired) electrons. The molecule has 1 atom stereocenters. The highest BCUT2D eigenvalue weighted by atomic mass is 127. The minimum atomic E-state index is -0.511. The average molecular weight is 437 g/mol. The highest BCUT2D eigenvalue weighted by molar-refractivity contribution is 14.2. The second kappa shape index (κ2) is 5.30. The minimum Gasteiger partial charge on any atom is -0.399 e. The molecule has 0 aromatic carbocycles. The van der Waals surface area contributed by atoms with Gasteiger partial charge in [0.05, 0.1) is 28.8 Å². The fourth-order valence-corrected chi connectivity index (χ4v) is 3.89. The topological polar surface area (TPSA) is 49.2 Å². The minimum absolute atomic E-state index is 0.405. The highest BCUT2D eigenvalue weighted by Gasteiger charge is 2.52. The van der Waals surface area contributed by atoms with Crippen LogP contribution in [0.5, 0.6) is 0 Å². The molecule has 0 spiro atoms. The van der Waals surface area contributed by atoms with Gasteiger partial charge in [-0.3, -0.25) is 0 Å². The molecule has 9 heteroatoms. The molecule has 5 nitrogen and oxygen atoms in total. The molecule has 1 saturated heterocycles. The Kier molecular flexibility index (Phi) is 4.02. The van der Waals surface area contributed by atoms with Gasteiger partial charge in [-0.2, -0.15) is 5.10 Å². The molecule has 3 heterocycles. The van der Waals surface area contributed by atoms with E-state index in [1.54, 1.807) is 12.4 Å². The Morgan fingerprint density at radius 3 is 2.43 bits per heavy atom. The molecule has 0 amide bonds. The van der Waals surface area contributed by atoms with Crippen molar-refractivity contribution in [3.8, 4) is 0 Å².